The highest BCUT2D eigenvalue weighted by atomic mass is 32.1. The molecular formula is C45H56N2O13S. The summed E-state index contributed by atoms with van der Waals surface area (Å²) in [7, 11) is 0. The summed E-state index contributed by atoms with van der Waals surface area (Å²) < 4.78 is 30.4. The number of aliphatic hydroxyl groups is 3. The van der Waals surface area contributed by atoms with E-state index >= 15 is 4.79 Å². The number of ketones is 1. The van der Waals surface area contributed by atoms with Crippen LogP contribution < -0.4 is 10.6 Å². The van der Waals surface area contributed by atoms with Crippen molar-refractivity contribution in [2.24, 2.45) is 16.7 Å². The van der Waals surface area contributed by atoms with Crippen LogP contribution in [-0.2, 0) is 42.9 Å². The first-order valence-corrected chi connectivity index (χ1v) is 21.0. The van der Waals surface area contributed by atoms with E-state index in [1.165, 1.54) is 26.0 Å². The first kappa shape index (κ1) is 45.8. The van der Waals surface area contributed by atoms with Crippen molar-refractivity contribution in [3.05, 3.63) is 82.9 Å². The SMILES string of the molecule is CCCCNC(=S)N[C@@H](c1ccccc1)[C@@H](O)C(=O)O[C@H]1C[C@@]2(O)[C@@H](OC(=O)c3ccccc3)[C@@H]3[C@]4(OC(C)=O)CO[C@@H]4C[C@H](O)[C@@]3(C)C(=O)[C@H](OC(C)=O)C(=C1C)C2(C)C. The lowest BCUT2D eigenvalue weighted by Gasteiger charge is -2.67. The Balaban J connectivity index is 1.52. The molecule has 2 bridgehead atoms. The number of ether oxygens (including phenoxy) is 5. The van der Waals surface area contributed by atoms with E-state index in [4.69, 9.17) is 35.9 Å². The smallest absolute Gasteiger partial charge is 0.338 e. The summed E-state index contributed by atoms with van der Waals surface area (Å²) in [6, 6.07) is 15.5. The fourth-order valence-corrected chi connectivity index (χ4v) is 10.2. The second-order valence-electron chi connectivity index (χ2n) is 17.3. The second kappa shape index (κ2) is 17.6. The monoisotopic (exact) mass is 864 g/mol. The van der Waals surface area contributed by atoms with Crippen molar-refractivity contribution in [2.75, 3.05) is 13.2 Å². The van der Waals surface area contributed by atoms with Gasteiger partial charge in [0.1, 0.15) is 23.9 Å². The molecule has 15 nitrogen and oxygen atoms in total. The van der Waals surface area contributed by atoms with Crippen LogP contribution in [0.25, 0.3) is 0 Å². The van der Waals surface area contributed by atoms with Crippen LogP contribution in [0.15, 0.2) is 71.8 Å². The van der Waals surface area contributed by atoms with Gasteiger partial charge in [0.05, 0.1) is 35.6 Å². The van der Waals surface area contributed by atoms with Crippen LogP contribution in [0, 0.1) is 16.7 Å². The molecule has 1 aliphatic heterocycles. The summed E-state index contributed by atoms with van der Waals surface area (Å²) >= 11 is 5.52. The minimum Gasteiger partial charge on any atom is -0.456 e. The molecule has 6 rings (SSSR count). The highest BCUT2D eigenvalue weighted by Gasteiger charge is 2.78. The van der Waals surface area contributed by atoms with Gasteiger partial charge in [-0.3, -0.25) is 14.4 Å². The third kappa shape index (κ3) is 8.08. The fourth-order valence-electron chi connectivity index (χ4n) is 9.94. The lowest BCUT2D eigenvalue weighted by atomic mass is 9.44. The number of benzene rings is 2. The van der Waals surface area contributed by atoms with E-state index in [-0.39, 0.29) is 34.8 Å². The minimum atomic E-state index is -2.35. The summed E-state index contributed by atoms with van der Waals surface area (Å²) in [6.07, 6.45) is -8.38. The molecule has 2 saturated carbocycles. The number of esters is 4. The van der Waals surface area contributed by atoms with Gasteiger partial charge >= 0.3 is 23.9 Å². The molecule has 11 atom stereocenters. The highest BCUT2D eigenvalue weighted by molar-refractivity contribution is 7.80. The number of carbonyl (C=O) groups is 5. The van der Waals surface area contributed by atoms with Gasteiger partial charge in [-0.15, -0.1) is 0 Å². The molecule has 4 aliphatic rings. The third-order valence-electron chi connectivity index (χ3n) is 13.3. The number of unbranched alkanes of at least 4 members (excludes halogenated alkanes) is 1. The summed E-state index contributed by atoms with van der Waals surface area (Å²) in [4.78, 5) is 70.0. The maximum absolute atomic E-state index is 15.5. The molecule has 2 aromatic rings. The average molecular weight is 865 g/mol. The standard InChI is InChI=1S/C45H56N2O13S/c1-8-9-20-46-41(61)47-33(27-16-12-10-13-17-27)34(51)40(54)58-29-22-45(55)38(59-39(53)28-18-14-11-15-19-28)36-43(7,30(50)21-31-44(36,23-56-31)60-26(4)49)37(52)35(57-25(3)48)32(24(29)2)42(45,5)6/h10-19,29-31,33-36,38,50-51,55H,8-9,20-23H2,1-7H3,(H2,46,47,61)/t29-,30-,31+,33-,34+,35+,36-,38-,43+,44-,45+/m0/s1. The lowest BCUT2D eigenvalue weighted by molar-refractivity contribution is -0.346. The molecule has 3 aliphatic carbocycles. The van der Waals surface area contributed by atoms with E-state index in [1.807, 2.05) is 6.92 Å². The summed E-state index contributed by atoms with van der Waals surface area (Å²) in [5, 5.41) is 43.8. The van der Waals surface area contributed by atoms with Crippen LogP contribution in [0.1, 0.15) is 96.1 Å². The van der Waals surface area contributed by atoms with E-state index in [0.717, 1.165) is 19.8 Å². The number of Topliss-reactive ketones (excluding diaryl/α,β-unsaturated/α-hetero) is 1. The van der Waals surface area contributed by atoms with Gasteiger partial charge in [-0.05, 0) is 61.3 Å². The predicted molar refractivity (Wildman–Crippen MR) is 222 cm³/mol. The van der Waals surface area contributed by atoms with Crippen molar-refractivity contribution in [3.8, 4) is 0 Å². The zero-order chi connectivity index (χ0) is 44.7. The molecule has 0 radical (unpaired) electrons. The van der Waals surface area contributed by atoms with Gasteiger partial charge in [0.2, 0.25) is 0 Å². The van der Waals surface area contributed by atoms with Gasteiger partial charge in [-0.25, -0.2) is 9.59 Å². The maximum Gasteiger partial charge on any atom is 0.338 e. The van der Waals surface area contributed by atoms with Gasteiger partial charge in [-0.1, -0.05) is 75.7 Å². The van der Waals surface area contributed by atoms with Crippen molar-refractivity contribution in [2.45, 2.75) is 128 Å². The molecule has 0 amide bonds. The van der Waals surface area contributed by atoms with Crippen molar-refractivity contribution in [1.29, 1.82) is 0 Å². The van der Waals surface area contributed by atoms with Crippen LogP contribution >= 0.6 is 12.2 Å². The Morgan fingerprint density at radius 3 is 2.18 bits per heavy atom. The van der Waals surface area contributed by atoms with Gasteiger partial charge in [0, 0.05) is 38.6 Å². The Labute approximate surface area is 360 Å². The van der Waals surface area contributed by atoms with E-state index in [1.54, 1.807) is 69.3 Å². The van der Waals surface area contributed by atoms with Gasteiger partial charge in [0.15, 0.2) is 28.7 Å². The second-order valence-corrected chi connectivity index (χ2v) is 17.7. The molecule has 0 aromatic heterocycles. The van der Waals surface area contributed by atoms with E-state index in [0.29, 0.717) is 12.1 Å². The van der Waals surface area contributed by atoms with Crippen LogP contribution in [0.3, 0.4) is 0 Å². The zero-order valence-electron chi connectivity index (χ0n) is 35.5. The average Bonchev–Trinajstić information content (AvgIpc) is 3.21. The first-order valence-electron chi connectivity index (χ1n) is 20.6. The molecule has 0 spiro atoms. The molecule has 1 heterocycles. The van der Waals surface area contributed by atoms with Crippen LogP contribution in [0.4, 0.5) is 0 Å². The fraction of sp³-hybridized carbons (Fsp3) is 0.556. The molecule has 2 aromatic carbocycles. The Hall–Kier alpha value is -4.74. The lowest BCUT2D eigenvalue weighted by Crippen LogP contribution is -2.82. The summed E-state index contributed by atoms with van der Waals surface area (Å²) in [5.74, 6) is -6.02. The minimum absolute atomic E-state index is 0.0360. The number of hydrogen-bond donors (Lipinski definition) is 5. The number of carbonyl (C=O) groups excluding carboxylic acids is 5. The van der Waals surface area contributed by atoms with E-state index < -0.39 is 107 Å². The molecule has 330 valence electrons. The molecule has 3 fully saturated rings. The van der Waals surface area contributed by atoms with E-state index in [9.17, 15) is 34.5 Å². The van der Waals surface area contributed by atoms with Crippen LogP contribution in [0.5, 0.6) is 0 Å². The molecule has 16 heteroatoms. The Kier molecular flexibility index (Phi) is 13.2. The summed E-state index contributed by atoms with van der Waals surface area (Å²) in [5.41, 5.74) is -6.90. The molecule has 0 unspecified atom stereocenters. The number of rotatable bonds is 12. The number of hydrogen-bond acceptors (Lipinski definition) is 14. The predicted octanol–water partition coefficient (Wildman–Crippen LogP) is 3.57. The highest BCUT2D eigenvalue weighted by Crippen LogP contribution is 2.64. The van der Waals surface area contributed by atoms with E-state index in [2.05, 4.69) is 10.6 Å². The molecule has 61 heavy (non-hydrogen) atoms. The summed E-state index contributed by atoms with van der Waals surface area (Å²) in [6.45, 7) is 10.7. The molecular weight excluding hydrogens is 809 g/mol. The topological polar surface area (TPSA) is 216 Å². The number of fused-ring (bicyclic) bond motifs is 5. The van der Waals surface area contributed by atoms with Gasteiger partial charge < -0.3 is 49.6 Å². The number of thiocarbonyl (C=S) groups is 1. The normalized spacial score (nSPS) is 32.2. The number of aliphatic hydroxyl groups excluding tert-OH is 2. The largest absolute Gasteiger partial charge is 0.456 e. The first-order chi connectivity index (χ1) is 28.7. The Morgan fingerprint density at radius 2 is 1.61 bits per heavy atom. The number of nitrogens with one attached hydrogen (secondary N) is 2. The van der Waals surface area contributed by atoms with Gasteiger partial charge in [-0.2, -0.15) is 0 Å². The zero-order valence-corrected chi connectivity index (χ0v) is 36.3. The molecule has 5 N–H and O–H groups in total. The van der Waals surface area contributed by atoms with Crippen molar-refractivity contribution < 1.29 is 63.0 Å². The van der Waals surface area contributed by atoms with Crippen molar-refractivity contribution in [1.82, 2.24) is 10.6 Å². The Morgan fingerprint density at radius 1 is 0.967 bits per heavy atom. The third-order valence-corrected chi connectivity index (χ3v) is 13.5. The molecule has 1 saturated heterocycles. The van der Waals surface area contributed by atoms with Crippen molar-refractivity contribution >= 4 is 47.0 Å². The van der Waals surface area contributed by atoms with Crippen molar-refractivity contribution in [3.63, 3.8) is 0 Å². The Bertz CT molecular complexity index is 2060. The van der Waals surface area contributed by atoms with Crippen LogP contribution in [0.2, 0.25) is 0 Å². The maximum atomic E-state index is 15.5. The van der Waals surface area contributed by atoms with Gasteiger partial charge in [0.25, 0.3) is 0 Å². The van der Waals surface area contributed by atoms with Crippen LogP contribution in [-0.4, -0.2) is 111 Å². The quantitative estimate of drug-likeness (QED) is 0.0678.